The van der Waals surface area contributed by atoms with Crippen LogP contribution in [-0.4, -0.2) is 48.7 Å². The maximum absolute atomic E-state index is 12.7. The molecule has 0 unspecified atom stereocenters. The molecule has 156 valence electrons. The summed E-state index contributed by atoms with van der Waals surface area (Å²) in [5, 5.41) is 2.90. The first-order valence-electron chi connectivity index (χ1n) is 9.41. The third kappa shape index (κ3) is 6.66. The lowest BCUT2D eigenvalue weighted by molar-refractivity contribution is -0.127. The number of hydrogen-bond acceptors (Lipinski definition) is 5. The molecular formula is C21H26ClN3O3S. The van der Waals surface area contributed by atoms with Crippen molar-refractivity contribution in [2.45, 2.75) is 17.7 Å². The van der Waals surface area contributed by atoms with Crippen LogP contribution in [0.1, 0.15) is 23.2 Å². The molecule has 1 fully saturated rings. The SMILES string of the molecule is Cl.NCCOc1ccc(NC(=O)c2ccccc2SCC(=O)N2CCCC2)cc1. The fraction of sp³-hybridized carbons (Fsp3) is 0.333. The van der Waals surface area contributed by atoms with Crippen LogP contribution >= 0.6 is 24.2 Å². The van der Waals surface area contributed by atoms with Gasteiger partial charge in [-0.05, 0) is 49.2 Å². The molecule has 1 aliphatic heterocycles. The number of halogens is 1. The number of rotatable bonds is 8. The van der Waals surface area contributed by atoms with Crippen LogP contribution in [0, 0.1) is 0 Å². The van der Waals surface area contributed by atoms with Gasteiger partial charge in [-0.3, -0.25) is 9.59 Å². The van der Waals surface area contributed by atoms with E-state index >= 15 is 0 Å². The van der Waals surface area contributed by atoms with E-state index in [2.05, 4.69) is 5.32 Å². The summed E-state index contributed by atoms with van der Waals surface area (Å²) in [7, 11) is 0. The maximum Gasteiger partial charge on any atom is 0.256 e. The van der Waals surface area contributed by atoms with Gasteiger partial charge in [-0.1, -0.05) is 12.1 Å². The number of anilines is 1. The molecule has 0 atom stereocenters. The fourth-order valence-corrected chi connectivity index (χ4v) is 3.94. The Morgan fingerprint density at radius 3 is 2.45 bits per heavy atom. The molecule has 0 radical (unpaired) electrons. The molecule has 0 aliphatic carbocycles. The Hall–Kier alpha value is -2.22. The van der Waals surface area contributed by atoms with Gasteiger partial charge in [0.15, 0.2) is 0 Å². The summed E-state index contributed by atoms with van der Waals surface area (Å²) in [5.74, 6) is 0.982. The Kier molecular flexibility index (Phi) is 9.31. The highest BCUT2D eigenvalue weighted by Crippen LogP contribution is 2.25. The van der Waals surface area contributed by atoms with Gasteiger partial charge in [0.25, 0.3) is 5.91 Å². The minimum absolute atomic E-state index is 0. The molecule has 0 saturated carbocycles. The van der Waals surface area contributed by atoms with E-state index in [4.69, 9.17) is 10.5 Å². The molecule has 1 heterocycles. The van der Waals surface area contributed by atoms with Crippen LogP contribution in [0.5, 0.6) is 5.75 Å². The van der Waals surface area contributed by atoms with Crippen molar-refractivity contribution in [3.8, 4) is 5.75 Å². The molecule has 3 N–H and O–H groups in total. The van der Waals surface area contributed by atoms with E-state index in [0.29, 0.717) is 35.9 Å². The third-order valence-corrected chi connectivity index (χ3v) is 5.50. The topological polar surface area (TPSA) is 84.7 Å². The number of thioether (sulfide) groups is 1. The second-order valence-electron chi connectivity index (χ2n) is 6.49. The summed E-state index contributed by atoms with van der Waals surface area (Å²) in [6.07, 6.45) is 2.15. The van der Waals surface area contributed by atoms with Crippen LogP contribution in [-0.2, 0) is 4.79 Å². The van der Waals surface area contributed by atoms with Crippen LogP contribution in [0.15, 0.2) is 53.4 Å². The Morgan fingerprint density at radius 2 is 1.76 bits per heavy atom. The van der Waals surface area contributed by atoms with Gasteiger partial charge in [0, 0.05) is 30.2 Å². The Labute approximate surface area is 181 Å². The normalized spacial score (nSPS) is 12.9. The molecule has 0 spiro atoms. The molecule has 1 aliphatic rings. The highest BCUT2D eigenvalue weighted by Gasteiger charge is 2.19. The molecule has 0 aromatic heterocycles. The van der Waals surface area contributed by atoms with Crippen molar-refractivity contribution in [1.82, 2.24) is 4.90 Å². The van der Waals surface area contributed by atoms with E-state index in [-0.39, 0.29) is 24.2 Å². The van der Waals surface area contributed by atoms with Crippen molar-refractivity contribution in [1.29, 1.82) is 0 Å². The van der Waals surface area contributed by atoms with Gasteiger partial charge in [-0.25, -0.2) is 0 Å². The number of nitrogens with two attached hydrogens (primary N) is 1. The second-order valence-corrected chi connectivity index (χ2v) is 7.51. The number of likely N-dealkylation sites (tertiary alicyclic amines) is 1. The predicted octanol–water partition coefficient (Wildman–Crippen LogP) is 3.41. The molecular weight excluding hydrogens is 410 g/mol. The molecule has 0 bridgehead atoms. The number of hydrogen-bond donors (Lipinski definition) is 2. The number of amides is 2. The van der Waals surface area contributed by atoms with Crippen LogP contribution in [0.3, 0.4) is 0 Å². The minimum atomic E-state index is -0.202. The van der Waals surface area contributed by atoms with Gasteiger partial charge in [0.2, 0.25) is 5.91 Å². The number of benzene rings is 2. The van der Waals surface area contributed by atoms with Gasteiger partial charge in [-0.15, -0.1) is 24.2 Å². The fourth-order valence-electron chi connectivity index (χ4n) is 2.99. The zero-order valence-electron chi connectivity index (χ0n) is 16.1. The summed E-state index contributed by atoms with van der Waals surface area (Å²) >= 11 is 1.41. The molecule has 1 saturated heterocycles. The summed E-state index contributed by atoms with van der Waals surface area (Å²) in [4.78, 5) is 27.7. The van der Waals surface area contributed by atoms with E-state index in [1.807, 2.05) is 23.1 Å². The van der Waals surface area contributed by atoms with Crippen LogP contribution < -0.4 is 15.8 Å². The molecule has 2 aromatic carbocycles. The van der Waals surface area contributed by atoms with Crippen molar-refractivity contribution in [2.75, 3.05) is 37.3 Å². The highest BCUT2D eigenvalue weighted by atomic mass is 35.5. The van der Waals surface area contributed by atoms with Crippen molar-refractivity contribution in [3.63, 3.8) is 0 Å². The van der Waals surface area contributed by atoms with Gasteiger partial charge in [-0.2, -0.15) is 0 Å². The molecule has 2 amide bonds. The van der Waals surface area contributed by atoms with E-state index < -0.39 is 0 Å². The average Bonchev–Trinajstić information content (AvgIpc) is 3.27. The summed E-state index contributed by atoms with van der Waals surface area (Å²) in [6, 6.07) is 14.5. The molecule has 2 aromatic rings. The molecule has 8 heteroatoms. The van der Waals surface area contributed by atoms with Gasteiger partial charge >= 0.3 is 0 Å². The third-order valence-electron chi connectivity index (χ3n) is 4.44. The largest absolute Gasteiger partial charge is 0.492 e. The monoisotopic (exact) mass is 435 g/mol. The van der Waals surface area contributed by atoms with E-state index in [9.17, 15) is 9.59 Å². The van der Waals surface area contributed by atoms with Crippen molar-refractivity contribution >= 4 is 41.7 Å². The number of nitrogens with one attached hydrogen (secondary N) is 1. The second kappa shape index (κ2) is 11.7. The number of ether oxygens (including phenoxy) is 1. The van der Waals surface area contributed by atoms with E-state index in [0.717, 1.165) is 30.8 Å². The van der Waals surface area contributed by atoms with Crippen molar-refractivity contribution in [2.24, 2.45) is 5.73 Å². The standard InChI is InChI=1S/C21H25N3O3S.ClH/c22-11-14-27-17-9-7-16(8-10-17)23-21(26)18-5-1-2-6-19(18)28-15-20(25)24-12-3-4-13-24;/h1-2,5-10H,3-4,11-15,22H2,(H,23,26);1H. The van der Waals surface area contributed by atoms with Gasteiger partial charge in [0.1, 0.15) is 12.4 Å². The zero-order valence-corrected chi connectivity index (χ0v) is 17.8. The highest BCUT2D eigenvalue weighted by molar-refractivity contribution is 8.00. The van der Waals surface area contributed by atoms with Crippen LogP contribution in [0.2, 0.25) is 0 Å². The number of carbonyl (C=O) groups excluding carboxylic acids is 2. The first-order valence-corrected chi connectivity index (χ1v) is 10.4. The molecule has 6 nitrogen and oxygen atoms in total. The summed E-state index contributed by atoms with van der Waals surface area (Å²) in [5.41, 5.74) is 6.66. The average molecular weight is 436 g/mol. The first-order chi connectivity index (χ1) is 13.7. The minimum Gasteiger partial charge on any atom is -0.492 e. The van der Waals surface area contributed by atoms with E-state index in [1.165, 1.54) is 11.8 Å². The number of carbonyl (C=O) groups is 2. The molecule has 3 rings (SSSR count). The Morgan fingerprint density at radius 1 is 1.07 bits per heavy atom. The molecule has 29 heavy (non-hydrogen) atoms. The lowest BCUT2D eigenvalue weighted by Gasteiger charge is -2.15. The zero-order chi connectivity index (χ0) is 19.8. The number of nitrogens with zero attached hydrogens (tertiary/aromatic N) is 1. The van der Waals surface area contributed by atoms with Crippen molar-refractivity contribution < 1.29 is 14.3 Å². The summed E-state index contributed by atoms with van der Waals surface area (Å²) in [6.45, 7) is 2.58. The Bertz CT molecular complexity index is 811. The summed E-state index contributed by atoms with van der Waals surface area (Å²) < 4.78 is 5.44. The lowest BCUT2D eigenvalue weighted by Crippen LogP contribution is -2.29. The lowest BCUT2D eigenvalue weighted by atomic mass is 10.2. The van der Waals surface area contributed by atoms with Crippen LogP contribution in [0.25, 0.3) is 0 Å². The quantitative estimate of drug-likeness (QED) is 0.620. The predicted molar refractivity (Wildman–Crippen MR) is 119 cm³/mol. The maximum atomic E-state index is 12.7. The van der Waals surface area contributed by atoms with Gasteiger partial charge < -0.3 is 20.7 Å². The Balaban J connectivity index is 0.00000300. The van der Waals surface area contributed by atoms with Gasteiger partial charge in [0.05, 0.1) is 11.3 Å². The smallest absolute Gasteiger partial charge is 0.256 e. The van der Waals surface area contributed by atoms with Crippen molar-refractivity contribution in [3.05, 3.63) is 54.1 Å². The van der Waals surface area contributed by atoms with E-state index in [1.54, 1.807) is 30.3 Å². The first kappa shape index (κ1) is 23.1. The van der Waals surface area contributed by atoms with Crippen LogP contribution in [0.4, 0.5) is 5.69 Å².